The molecule has 2 rings (SSSR count). The minimum Gasteiger partial charge on any atom is -0.353 e. The maximum absolute atomic E-state index is 11.5. The summed E-state index contributed by atoms with van der Waals surface area (Å²) in [5.41, 5.74) is 0. The summed E-state index contributed by atoms with van der Waals surface area (Å²) in [5.74, 6) is 1.20. The smallest absolute Gasteiger partial charge is 0.220 e. The molecule has 19 heavy (non-hydrogen) atoms. The topological polar surface area (TPSA) is 41.1 Å². The van der Waals surface area contributed by atoms with E-state index in [0.717, 1.165) is 18.9 Å². The number of carbonyl (C=O) groups excluding carboxylic acids is 1. The Morgan fingerprint density at radius 2 is 1.84 bits per heavy atom. The molecule has 1 amide bonds. The molecular formula is C16H30N2O. The normalized spacial score (nSPS) is 27.8. The van der Waals surface area contributed by atoms with E-state index in [1.165, 1.54) is 51.4 Å². The van der Waals surface area contributed by atoms with Crippen LogP contribution in [0.25, 0.3) is 0 Å². The lowest BCUT2D eigenvalue weighted by Crippen LogP contribution is -2.31. The van der Waals surface area contributed by atoms with Gasteiger partial charge in [-0.05, 0) is 51.0 Å². The lowest BCUT2D eigenvalue weighted by molar-refractivity contribution is -0.121. The molecule has 2 fully saturated rings. The van der Waals surface area contributed by atoms with Crippen LogP contribution in [0.5, 0.6) is 0 Å². The van der Waals surface area contributed by atoms with Gasteiger partial charge < -0.3 is 10.6 Å². The van der Waals surface area contributed by atoms with Gasteiger partial charge in [0.05, 0.1) is 0 Å². The molecule has 2 N–H and O–H groups in total. The van der Waals surface area contributed by atoms with E-state index in [2.05, 4.69) is 17.6 Å². The van der Waals surface area contributed by atoms with E-state index in [9.17, 15) is 4.79 Å². The predicted octanol–water partition coefficient (Wildman–Crippen LogP) is 2.99. The van der Waals surface area contributed by atoms with Crippen molar-refractivity contribution < 1.29 is 4.79 Å². The van der Waals surface area contributed by atoms with Gasteiger partial charge in [-0.1, -0.05) is 26.2 Å². The highest BCUT2D eigenvalue weighted by Gasteiger charge is 2.22. The van der Waals surface area contributed by atoms with Crippen LogP contribution in [0.3, 0.4) is 0 Å². The number of hydrogen-bond donors (Lipinski definition) is 2. The van der Waals surface area contributed by atoms with Crippen LogP contribution in [0.4, 0.5) is 0 Å². The van der Waals surface area contributed by atoms with Gasteiger partial charge in [0.15, 0.2) is 0 Å². The number of rotatable bonds is 7. The Morgan fingerprint density at radius 3 is 2.58 bits per heavy atom. The van der Waals surface area contributed by atoms with Crippen molar-refractivity contribution >= 4 is 5.91 Å². The first-order valence-corrected chi connectivity index (χ1v) is 8.30. The first kappa shape index (κ1) is 14.8. The van der Waals surface area contributed by atoms with Gasteiger partial charge in [0.25, 0.3) is 0 Å². The van der Waals surface area contributed by atoms with Crippen molar-refractivity contribution in [2.75, 3.05) is 6.54 Å². The molecule has 0 bridgehead atoms. The Balaban J connectivity index is 1.51. The Bertz CT molecular complexity index is 276. The summed E-state index contributed by atoms with van der Waals surface area (Å²) in [6.45, 7) is 3.32. The molecule has 2 aliphatic carbocycles. The molecule has 0 saturated heterocycles. The molecule has 3 nitrogen and oxygen atoms in total. The zero-order chi connectivity index (χ0) is 13.5. The van der Waals surface area contributed by atoms with Gasteiger partial charge in [-0.3, -0.25) is 4.79 Å². The van der Waals surface area contributed by atoms with Gasteiger partial charge in [0, 0.05) is 18.5 Å². The van der Waals surface area contributed by atoms with Crippen molar-refractivity contribution in [2.24, 2.45) is 5.92 Å². The van der Waals surface area contributed by atoms with Crippen LogP contribution in [-0.2, 0) is 4.79 Å². The zero-order valence-electron chi connectivity index (χ0n) is 12.4. The third kappa shape index (κ3) is 5.94. The van der Waals surface area contributed by atoms with Gasteiger partial charge in [0.1, 0.15) is 0 Å². The molecule has 0 aromatic carbocycles. The second-order valence-corrected chi connectivity index (χ2v) is 6.38. The fourth-order valence-electron chi connectivity index (χ4n) is 3.07. The highest BCUT2D eigenvalue weighted by Crippen LogP contribution is 2.25. The Hall–Kier alpha value is -0.570. The third-order valence-corrected chi connectivity index (χ3v) is 4.62. The molecule has 0 heterocycles. The van der Waals surface area contributed by atoms with Crippen molar-refractivity contribution in [3.63, 3.8) is 0 Å². The van der Waals surface area contributed by atoms with E-state index < -0.39 is 0 Å². The highest BCUT2D eigenvalue weighted by molar-refractivity contribution is 5.76. The Morgan fingerprint density at radius 1 is 1.05 bits per heavy atom. The van der Waals surface area contributed by atoms with Crippen molar-refractivity contribution in [3.8, 4) is 0 Å². The molecular weight excluding hydrogens is 236 g/mol. The predicted molar refractivity (Wildman–Crippen MR) is 79.1 cm³/mol. The van der Waals surface area contributed by atoms with Gasteiger partial charge in [-0.15, -0.1) is 0 Å². The summed E-state index contributed by atoms with van der Waals surface area (Å²) in [5, 5.41) is 6.70. The van der Waals surface area contributed by atoms with Gasteiger partial charge in [0.2, 0.25) is 5.91 Å². The second-order valence-electron chi connectivity index (χ2n) is 6.38. The number of nitrogens with one attached hydrogen (secondary N) is 2. The molecule has 2 aliphatic rings. The summed E-state index contributed by atoms with van der Waals surface area (Å²) < 4.78 is 0. The fourth-order valence-corrected chi connectivity index (χ4v) is 3.07. The van der Waals surface area contributed by atoms with Crippen LogP contribution in [-0.4, -0.2) is 24.5 Å². The summed E-state index contributed by atoms with van der Waals surface area (Å²) in [4.78, 5) is 11.5. The van der Waals surface area contributed by atoms with Crippen molar-refractivity contribution in [2.45, 2.75) is 83.2 Å². The molecule has 0 aliphatic heterocycles. The number of hydrogen-bond acceptors (Lipinski definition) is 2. The molecule has 2 unspecified atom stereocenters. The van der Waals surface area contributed by atoms with Crippen LogP contribution < -0.4 is 10.6 Å². The van der Waals surface area contributed by atoms with Crippen LogP contribution in [0.2, 0.25) is 0 Å². The first-order chi connectivity index (χ1) is 9.28. The van der Waals surface area contributed by atoms with Crippen molar-refractivity contribution in [3.05, 3.63) is 0 Å². The average molecular weight is 266 g/mol. The minimum absolute atomic E-state index is 0.246. The molecule has 2 atom stereocenters. The Labute approximate surface area is 117 Å². The van der Waals surface area contributed by atoms with Gasteiger partial charge in [-0.25, -0.2) is 0 Å². The summed E-state index contributed by atoms with van der Waals surface area (Å²) in [6.07, 6.45) is 12.2. The van der Waals surface area contributed by atoms with E-state index in [1.807, 2.05) is 0 Å². The van der Waals surface area contributed by atoms with E-state index in [-0.39, 0.29) is 5.91 Å². The quantitative estimate of drug-likeness (QED) is 0.549. The first-order valence-electron chi connectivity index (χ1n) is 8.30. The summed E-state index contributed by atoms with van der Waals surface area (Å²) >= 11 is 0. The molecule has 0 spiro atoms. The molecule has 0 aromatic heterocycles. The lowest BCUT2D eigenvalue weighted by atomic mass is 9.98. The summed E-state index contributed by atoms with van der Waals surface area (Å²) in [6, 6.07) is 1.20. The lowest BCUT2D eigenvalue weighted by Gasteiger charge is -2.16. The van der Waals surface area contributed by atoms with Gasteiger partial charge >= 0.3 is 0 Å². The van der Waals surface area contributed by atoms with Crippen molar-refractivity contribution in [1.82, 2.24) is 10.6 Å². The molecule has 0 radical (unpaired) electrons. The number of carbonyl (C=O) groups is 1. The number of amides is 1. The molecule has 0 aromatic rings. The fraction of sp³-hybridized carbons (Fsp3) is 0.938. The van der Waals surface area contributed by atoms with E-state index in [4.69, 9.17) is 0 Å². The maximum atomic E-state index is 11.5. The monoisotopic (exact) mass is 266 g/mol. The van der Waals surface area contributed by atoms with Crippen LogP contribution in [0.1, 0.15) is 71.1 Å². The standard InChI is InChI=1S/C16H30N2O/c1-2-13-5-3-6-14(9-8-13)17-12-4-7-16(19)18-15-10-11-15/h13-15,17H,2-12H2,1H3,(H,18,19). The second kappa shape index (κ2) is 7.88. The average Bonchev–Trinajstić information content (AvgIpc) is 3.21. The SMILES string of the molecule is CCC1CCCC(NCCCC(=O)NC2CC2)CC1. The van der Waals surface area contributed by atoms with Crippen molar-refractivity contribution in [1.29, 1.82) is 0 Å². The Kier molecular flexibility index (Phi) is 6.15. The van der Waals surface area contributed by atoms with E-state index in [0.29, 0.717) is 18.5 Å². The van der Waals surface area contributed by atoms with Crippen LogP contribution in [0, 0.1) is 5.92 Å². The van der Waals surface area contributed by atoms with Crippen LogP contribution >= 0.6 is 0 Å². The molecule has 2 saturated carbocycles. The zero-order valence-corrected chi connectivity index (χ0v) is 12.4. The largest absolute Gasteiger partial charge is 0.353 e. The van der Waals surface area contributed by atoms with Crippen LogP contribution in [0.15, 0.2) is 0 Å². The maximum Gasteiger partial charge on any atom is 0.220 e. The van der Waals surface area contributed by atoms with E-state index in [1.54, 1.807) is 0 Å². The summed E-state index contributed by atoms with van der Waals surface area (Å²) in [7, 11) is 0. The molecule has 110 valence electrons. The highest BCUT2D eigenvalue weighted by atomic mass is 16.1. The third-order valence-electron chi connectivity index (χ3n) is 4.62. The van der Waals surface area contributed by atoms with Gasteiger partial charge in [-0.2, -0.15) is 0 Å². The minimum atomic E-state index is 0.246. The van der Waals surface area contributed by atoms with E-state index >= 15 is 0 Å². The molecule has 3 heteroatoms.